The summed E-state index contributed by atoms with van der Waals surface area (Å²) in [5.74, 6) is 0.960. The van der Waals surface area contributed by atoms with Crippen LogP contribution >= 0.6 is 0 Å². The molecule has 1 fully saturated rings. The van der Waals surface area contributed by atoms with Gasteiger partial charge in [0.2, 0.25) is 17.8 Å². The number of rotatable bonds is 16. The number of hydrogen-bond donors (Lipinski definition) is 6. The lowest BCUT2D eigenvalue weighted by Gasteiger charge is -2.14. The molecular weight excluding hydrogens is 452 g/mol. The summed E-state index contributed by atoms with van der Waals surface area (Å²) in [5.41, 5.74) is 6.51. The van der Waals surface area contributed by atoms with E-state index in [1.807, 2.05) is 6.07 Å². The highest BCUT2D eigenvalue weighted by molar-refractivity contribution is 5.95. The zero-order valence-corrected chi connectivity index (χ0v) is 20.0. The van der Waals surface area contributed by atoms with E-state index in [0.717, 1.165) is 12.8 Å². The van der Waals surface area contributed by atoms with Crippen LogP contribution in [0.3, 0.4) is 0 Å². The second-order valence-corrected chi connectivity index (χ2v) is 8.06. The fourth-order valence-electron chi connectivity index (χ4n) is 3.61. The first-order chi connectivity index (χ1) is 17.2. The van der Waals surface area contributed by atoms with E-state index < -0.39 is 0 Å². The molecule has 0 unspecified atom stereocenters. The molecule has 1 aromatic carbocycles. The van der Waals surface area contributed by atoms with Crippen LogP contribution in [0, 0.1) is 0 Å². The van der Waals surface area contributed by atoms with Gasteiger partial charge < -0.3 is 41.6 Å². The first kappa shape index (κ1) is 26.5. The Bertz CT molecular complexity index is 911. The number of amides is 1. The molecule has 0 saturated heterocycles. The Hall–Kier alpha value is -3.06. The molecule has 1 saturated carbocycles. The number of aliphatic hydroxyl groups is 1. The molecule has 0 radical (unpaired) electrons. The highest BCUT2D eigenvalue weighted by Crippen LogP contribution is 2.22. The van der Waals surface area contributed by atoms with Crippen molar-refractivity contribution < 1.29 is 19.4 Å². The van der Waals surface area contributed by atoms with Gasteiger partial charge in [-0.2, -0.15) is 15.0 Å². The third-order valence-electron chi connectivity index (χ3n) is 5.27. The zero-order chi connectivity index (χ0) is 24.7. The van der Waals surface area contributed by atoms with Crippen LogP contribution in [0.5, 0.6) is 0 Å². The average Bonchev–Trinajstić information content (AvgIpc) is 3.37. The molecule has 35 heavy (non-hydrogen) atoms. The largest absolute Gasteiger partial charge is 0.395 e. The molecule has 12 heteroatoms. The first-order valence-corrected chi connectivity index (χ1v) is 12.1. The minimum absolute atomic E-state index is 0.0376. The van der Waals surface area contributed by atoms with E-state index in [0.29, 0.717) is 81.2 Å². The van der Waals surface area contributed by atoms with Crippen molar-refractivity contribution >= 4 is 29.4 Å². The number of ether oxygens (including phenoxy) is 2. The van der Waals surface area contributed by atoms with Crippen LogP contribution in [0.2, 0.25) is 0 Å². The number of nitrogens with zero attached hydrogens (tertiary/aromatic N) is 3. The van der Waals surface area contributed by atoms with Gasteiger partial charge in [-0.25, -0.2) is 0 Å². The van der Waals surface area contributed by atoms with Gasteiger partial charge in [-0.1, -0.05) is 18.9 Å². The summed E-state index contributed by atoms with van der Waals surface area (Å²) >= 11 is 0. The molecule has 0 bridgehead atoms. The highest BCUT2D eigenvalue weighted by atomic mass is 16.5. The minimum Gasteiger partial charge on any atom is -0.395 e. The summed E-state index contributed by atoms with van der Waals surface area (Å²) < 4.78 is 10.7. The van der Waals surface area contributed by atoms with Gasteiger partial charge in [0.25, 0.3) is 5.91 Å². The smallest absolute Gasteiger partial charge is 0.251 e. The molecule has 0 aliphatic heterocycles. The Labute approximate surface area is 205 Å². The van der Waals surface area contributed by atoms with Gasteiger partial charge in [0.15, 0.2) is 0 Å². The van der Waals surface area contributed by atoms with Crippen molar-refractivity contribution in [3.05, 3.63) is 29.8 Å². The van der Waals surface area contributed by atoms with Crippen LogP contribution in [0.25, 0.3) is 0 Å². The lowest BCUT2D eigenvalue weighted by molar-refractivity contribution is 0.0511. The van der Waals surface area contributed by atoms with Crippen LogP contribution in [0.4, 0.5) is 23.5 Å². The van der Waals surface area contributed by atoms with Gasteiger partial charge >= 0.3 is 0 Å². The van der Waals surface area contributed by atoms with Crippen LogP contribution in [0.1, 0.15) is 36.0 Å². The second-order valence-electron chi connectivity index (χ2n) is 8.06. The van der Waals surface area contributed by atoms with Crippen molar-refractivity contribution in [1.82, 2.24) is 20.3 Å². The maximum Gasteiger partial charge on any atom is 0.251 e. The second kappa shape index (κ2) is 15.0. The van der Waals surface area contributed by atoms with E-state index in [-0.39, 0.29) is 12.5 Å². The third-order valence-corrected chi connectivity index (χ3v) is 5.27. The van der Waals surface area contributed by atoms with E-state index in [2.05, 4.69) is 36.2 Å². The van der Waals surface area contributed by atoms with Gasteiger partial charge in [-0.05, 0) is 31.0 Å². The molecule has 192 valence electrons. The van der Waals surface area contributed by atoms with E-state index in [9.17, 15) is 4.79 Å². The Morgan fingerprint density at radius 2 is 1.74 bits per heavy atom. The maximum atomic E-state index is 12.5. The molecule has 2 aromatic rings. The number of anilines is 4. The number of aromatic nitrogens is 3. The SMILES string of the molecule is NCCOCCOCCNC(=O)c1cccc(Nc2nc(NCCO)nc(NC3CCCC3)n2)c1. The summed E-state index contributed by atoms with van der Waals surface area (Å²) in [6, 6.07) is 7.41. The maximum absolute atomic E-state index is 12.5. The molecule has 12 nitrogen and oxygen atoms in total. The van der Waals surface area contributed by atoms with Crippen molar-refractivity contribution in [3.63, 3.8) is 0 Å². The molecule has 3 rings (SSSR count). The monoisotopic (exact) mass is 488 g/mol. The van der Waals surface area contributed by atoms with E-state index in [1.54, 1.807) is 18.2 Å². The van der Waals surface area contributed by atoms with Crippen molar-refractivity contribution in [3.8, 4) is 0 Å². The molecule has 0 atom stereocenters. The van der Waals surface area contributed by atoms with Crippen molar-refractivity contribution in [2.75, 3.05) is 68.6 Å². The van der Waals surface area contributed by atoms with Crippen LogP contribution < -0.4 is 27.0 Å². The Kier molecular flexibility index (Phi) is 11.4. The van der Waals surface area contributed by atoms with Crippen LogP contribution in [-0.2, 0) is 9.47 Å². The van der Waals surface area contributed by atoms with Crippen LogP contribution in [0.15, 0.2) is 24.3 Å². The fraction of sp³-hybridized carbons (Fsp3) is 0.565. The molecule has 1 aliphatic rings. The van der Waals surface area contributed by atoms with Gasteiger partial charge in [0.1, 0.15) is 0 Å². The van der Waals surface area contributed by atoms with E-state index in [1.165, 1.54) is 12.8 Å². The molecule has 1 aliphatic carbocycles. The van der Waals surface area contributed by atoms with Crippen molar-refractivity contribution in [2.24, 2.45) is 5.73 Å². The van der Waals surface area contributed by atoms with Crippen molar-refractivity contribution in [1.29, 1.82) is 0 Å². The lowest BCUT2D eigenvalue weighted by atomic mass is 10.2. The van der Waals surface area contributed by atoms with Gasteiger partial charge in [-0.15, -0.1) is 0 Å². The average molecular weight is 489 g/mol. The zero-order valence-electron chi connectivity index (χ0n) is 20.0. The normalized spacial score (nSPS) is 13.5. The Morgan fingerprint density at radius 3 is 2.51 bits per heavy atom. The summed E-state index contributed by atoms with van der Waals surface area (Å²) in [6.45, 7) is 2.98. The molecule has 1 amide bonds. The molecule has 1 heterocycles. The number of nitrogens with two attached hydrogens (primary N) is 1. The molecule has 7 N–H and O–H groups in total. The number of benzene rings is 1. The minimum atomic E-state index is -0.207. The van der Waals surface area contributed by atoms with Crippen LogP contribution in [-0.4, -0.2) is 84.7 Å². The third kappa shape index (κ3) is 9.61. The number of hydrogen-bond acceptors (Lipinski definition) is 11. The number of aliphatic hydroxyl groups excluding tert-OH is 1. The Morgan fingerprint density at radius 1 is 1.00 bits per heavy atom. The summed E-state index contributed by atoms with van der Waals surface area (Å²) in [7, 11) is 0. The lowest BCUT2D eigenvalue weighted by Crippen LogP contribution is -2.27. The Balaban J connectivity index is 1.55. The summed E-state index contributed by atoms with van der Waals surface area (Å²) in [4.78, 5) is 25.8. The molecule has 1 aromatic heterocycles. The predicted octanol–water partition coefficient (Wildman–Crippen LogP) is 1.10. The van der Waals surface area contributed by atoms with Gasteiger partial charge in [0.05, 0.1) is 33.0 Å². The molecule has 0 spiro atoms. The molecular formula is C23H36N8O4. The van der Waals surface area contributed by atoms with Crippen molar-refractivity contribution in [2.45, 2.75) is 31.7 Å². The number of carbonyl (C=O) groups is 1. The van der Waals surface area contributed by atoms with Gasteiger partial charge in [0, 0.05) is 36.9 Å². The summed E-state index contributed by atoms with van der Waals surface area (Å²) in [6.07, 6.45) is 4.54. The van der Waals surface area contributed by atoms with E-state index in [4.69, 9.17) is 20.3 Å². The standard InChI is InChI=1S/C23H36N8O4/c24-8-12-34-14-15-35-13-10-25-20(33)17-4-3-7-19(16-17)28-23-30-21(26-9-11-32)29-22(31-23)27-18-5-1-2-6-18/h3-4,7,16,18,32H,1-2,5-6,8-15,24H2,(H,25,33)(H3,26,27,28,29,30,31). The first-order valence-electron chi connectivity index (χ1n) is 12.1. The predicted molar refractivity (Wildman–Crippen MR) is 134 cm³/mol. The topological polar surface area (TPSA) is 169 Å². The number of carbonyl (C=O) groups excluding carboxylic acids is 1. The highest BCUT2D eigenvalue weighted by Gasteiger charge is 2.17. The quantitative estimate of drug-likeness (QED) is 0.187. The summed E-state index contributed by atoms with van der Waals surface area (Å²) in [5, 5.41) is 21.5. The van der Waals surface area contributed by atoms with Gasteiger partial charge in [-0.3, -0.25) is 4.79 Å². The number of nitrogens with one attached hydrogen (secondary N) is 4. The fourth-order valence-corrected chi connectivity index (χ4v) is 3.61. The van der Waals surface area contributed by atoms with E-state index >= 15 is 0 Å².